The average molecular weight is 355 g/mol. The second-order valence-corrected chi connectivity index (χ2v) is 5.83. The van der Waals surface area contributed by atoms with Gasteiger partial charge < -0.3 is 10.6 Å². The third-order valence-electron chi connectivity index (χ3n) is 3.90. The van der Waals surface area contributed by atoms with Gasteiger partial charge in [-0.25, -0.2) is 13.6 Å². The normalized spacial score (nSPS) is 16.2. The molecule has 0 radical (unpaired) electrons. The van der Waals surface area contributed by atoms with E-state index in [1.54, 1.807) is 12.1 Å². The summed E-state index contributed by atoms with van der Waals surface area (Å²) < 4.78 is 24.9. The van der Waals surface area contributed by atoms with E-state index in [9.17, 15) is 13.6 Å². The van der Waals surface area contributed by atoms with Crippen molar-refractivity contribution in [2.75, 3.05) is 0 Å². The van der Waals surface area contributed by atoms with Gasteiger partial charge in [0.25, 0.3) is 6.43 Å². The number of rotatable bonds is 5. The molecule has 24 heavy (non-hydrogen) atoms. The zero-order chi connectivity index (χ0) is 17.3. The maximum Gasteiger partial charge on any atom is 0.385 e. The number of hydrogen-bond donors (Lipinski definition) is 2. The molecule has 1 aromatic carbocycles. The van der Waals surface area contributed by atoms with E-state index < -0.39 is 23.5 Å². The molecule has 126 valence electrons. The van der Waals surface area contributed by atoms with E-state index in [1.807, 2.05) is 12.1 Å². The number of alkyl halides is 2. The second kappa shape index (κ2) is 6.20. The Morgan fingerprint density at radius 2 is 2.12 bits per heavy atom. The zero-order valence-electron chi connectivity index (χ0n) is 12.3. The predicted molar refractivity (Wildman–Crippen MR) is 82.9 cm³/mol. The molecule has 0 bridgehead atoms. The lowest BCUT2D eigenvalue weighted by Crippen LogP contribution is -2.30. The Hall–Kier alpha value is -2.48. The van der Waals surface area contributed by atoms with Crippen LogP contribution >= 0.6 is 11.6 Å². The molecule has 0 unspecified atom stereocenters. The molecule has 0 spiro atoms. The molecule has 0 atom stereocenters. The molecular formula is C15H13ClF2N4O2. The number of hydrogen-bond acceptors (Lipinski definition) is 4. The van der Waals surface area contributed by atoms with Gasteiger partial charge in [-0.15, -0.1) is 0 Å². The van der Waals surface area contributed by atoms with Crippen molar-refractivity contribution >= 4 is 23.4 Å². The van der Waals surface area contributed by atoms with Gasteiger partial charge in [-0.05, 0) is 30.5 Å². The number of nitrogens with two attached hydrogens (primary N) is 1. The van der Waals surface area contributed by atoms with Crippen molar-refractivity contribution in [3.63, 3.8) is 0 Å². The van der Waals surface area contributed by atoms with Crippen LogP contribution in [0.15, 0.2) is 35.5 Å². The van der Waals surface area contributed by atoms with Gasteiger partial charge in [-0.2, -0.15) is 5.10 Å². The fraction of sp³-hybridized carbons (Fsp3) is 0.267. The number of nitrogens with zero attached hydrogens (tertiary/aromatic N) is 2. The summed E-state index contributed by atoms with van der Waals surface area (Å²) in [5.74, 6) is -0.871. The van der Waals surface area contributed by atoms with Gasteiger partial charge in [0.15, 0.2) is 11.5 Å². The van der Waals surface area contributed by atoms with E-state index in [4.69, 9.17) is 22.2 Å². The van der Waals surface area contributed by atoms with Crippen molar-refractivity contribution in [1.82, 2.24) is 10.2 Å². The first kappa shape index (κ1) is 16.4. The highest BCUT2D eigenvalue weighted by molar-refractivity contribution is 6.32. The van der Waals surface area contributed by atoms with Crippen LogP contribution in [0.3, 0.4) is 0 Å². The van der Waals surface area contributed by atoms with Gasteiger partial charge in [0.05, 0.1) is 5.41 Å². The number of amidine groups is 1. The summed E-state index contributed by atoms with van der Waals surface area (Å²) in [6.07, 6.45) is -1.31. The molecule has 3 N–H and O–H groups in total. The summed E-state index contributed by atoms with van der Waals surface area (Å²) in [6, 6.07) is 8.11. The predicted octanol–water partition coefficient (Wildman–Crippen LogP) is 3.16. The van der Waals surface area contributed by atoms with Crippen molar-refractivity contribution in [3.05, 3.63) is 52.3 Å². The number of nitrogens with one attached hydrogen (secondary N) is 1. The largest absolute Gasteiger partial charge is 0.385 e. The lowest BCUT2D eigenvalue weighted by Gasteiger charge is -2.15. The Morgan fingerprint density at radius 1 is 1.42 bits per heavy atom. The Kier molecular flexibility index (Phi) is 4.23. The smallest absolute Gasteiger partial charge is 0.384 e. The fourth-order valence-electron chi connectivity index (χ4n) is 2.42. The van der Waals surface area contributed by atoms with Crippen LogP contribution in [-0.2, 0) is 10.3 Å². The maximum atomic E-state index is 12.5. The summed E-state index contributed by atoms with van der Waals surface area (Å²) in [6.45, 7) is 0. The van der Waals surface area contributed by atoms with E-state index in [0.717, 1.165) is 24.5 Å². The third kappa shape index (κ3) is 2.96. The molecule has 0 saturated heterocycles. The van der Waals surface area contributed by atoms with Crippen LogP contribution in [0.25, 0.3) is 0 Å². The monoisotopic (exact) mass is 354 g/mol. The lowest BCUT2D eigenvalue weighted by atomic mass is 9.95. The summed E-state index contributed by atoms with van der Waals surface area (Å²) in [7, 11) is 0. The van der Waals surface area contributed by atoms with Crippen LogP contribution in [-0.4, -0.2) is 22.0 Å². The Morgan fingerprint density at radius 3 is 2.71 bits per heavy atom. The van der Waals surface area contributed by atoms with Gasteiger partial charge in [-0.3, -0.25) is 5.10 Å². The molecule has 3 rings (SSSR count). The Labute approximate surface area is 140 Å². The summed E-state index contributed by atoms with van der Waals surface area (Å²) in [4.78, 5) is 16.5. The van der Waals surface area contributed by atoms with Crippen molar-refractivity contribution in [2.45, 2.75) is 24.7 Å². The Balaban J connectivity index is 1.74. The van der Waals surface area contributed by atoms with Crippen molar-refractivity contribution in [1.29, 1.82) is 0 Å². The van der Waals surface area contributed by atoms with Crippen LogP contribution in [0.2, 0.25) is 5.02 Å². The minimum Gasteiger partial charge on any atom is -0.384 e. The molecule has 1 aliphatic rings. The number of aromatic nitrogens is 2. The minimum absolute atomic E-state index is 0.105. The third-order valence-corrected chi connectivity index (χ3v) is 4.23. The fourth-order valence-corrected chi connectivity index (χ4v) is 2.73. The maximum absolute atomic E-state index is 12.5. The lowest BCUT2D eigenvalue weighted by molar-refractivity contribution is 0.0507. The van der Waals surface area contributed by atoms with Gasteiger partial charge in [-0.1, -0.05) is 35.0 Å². The number of H-pyrrole nitrogens is 1. The molecule has 1 saturated carbocycles. The summed E-state index contributed by atoms with van der Waals surface area (Å²) in [5.41, 5.74) is 5.43. The van der Waals surface area contributed by atoms with Crippen molar-refractivity contribution in [2.24, 2.45) is 10.9 Å². The number of carbonyl (C=O) groups excluding carboxylic acids is 1. The van der Waals surface area contributed by atoms with Crippen LogP contribution in [0, 0.1) is 0 Å². The second-order valence-electron chi connectivity index (χ2n) is 5.43. The molecule has 0 aliphatic heterocycles. The van der Waals surface area contributed by atoms with Gasteiger partial charge in [0, 0.05) is 5.02 Å². The Bertz CT molecular complexity index is 802. The highest BCUT2D eigenvalue weighted by Gasteiger charge is 2.50. The number of carbonyl (C=O) groups is 1. The minimum atomic E-state index is -2.76. The zero-order valence-corrected chi connectivity index (χ0v) is 13.1. The summed E-state index contributed by atoms with van der Waals surface area (Å²) >= 11 is 6.18. The molecule has 2 aromatic rings. The van der Waals surface area contributed by atoms with Crippen molar-refractivity contribution < 1.29 is 18.4 Å². The summed E-state index contributed by atoms with van der Waals surface area (Å²) in [5, 5.41) is 9.71. The van der Waals surface area contributed by atoms with Crippen LogP contribution in [0.4, 0.5) is 8.78 Å². The van der Waals surface area contributed by atoms with E-state index in [-0.39, 0.29) is 11.5 Å². The van der Waals surface area contributed by atoms with Gasteiger partial charge in [0.1, 0.15) is 5.69 Å². The van der Waals surface area contributed by atoms with Crippen LogP contribution in [0.1, 0.15) is 41.0 Å². The standard InChI is InChI=1S/C15H13ClF2N4O2/c16-9-4-2-1-3-8(9)15(5-6-15)14(19)22-24-13(23)11-7-10(12(17)18)20-21-11/h1-4,7,12H,5-6H2,(H2,19,22)(H,20,21). The molecule has 9 heteroatoms. The number of aromatic amines is 1. The van der Waals surface area contributed by atoms with E-state index in [0.29, 0.717) is 5.02 Å². The van der Waals surface area contributed by atoms with E-state index in [2.05, 4.69) is 15.4 Å². The SMILES string of the molecule is NC(=NOC(=O)c1cc(C(F)F)[nH]n1)C1(c2ccccc2Cl)CC1. The van der Waals surface area contributed by atoms with Crippen LogP contribution in [0.5, 0.6) is 0 Å². The van der Waals surface area contributed by atoms with Gasteiger partial charge >= 0.3 is 5.97 Å². The molecule has 6 nitrogen and oxygen atoms in total. The number of oxime groups is 1. The highest BCUT2D eigenvalue weighted by atomic mass is 35.5. The molecule has 1 aliphatic carbocycles. The number of halogens is 3. The first-order valence-electron chi connectivity index (χ1n) is 7.08. The topological polar surface area (TPSA) is 93.4 Å². The van der Waals surface area contributed by atoms with Crippen LogP contribution < -0.4 is 5.73 Å². The molecule has 1 fully saturated rings. The van der Waals surface area contributed by atoms with E-state index >= 15 is 0 Å². The number of benzene rings is 1. The van der Waals surface area contributed by atoms with Gasteiger partial charge in [0.2, 0.25) is 0 Å². The first-order chi connectivity index (χ1) is 11.4. The quantitative estimate of drug-likeness (QED) is 0.373. The molecule has 1 heterocycles. The highest BCUT2D eigenvalue weighted by Crippen LogP contribution is 2.50. The molecule has 0 amide bonds. The van der Waals surface area contributed by atoms with Crippen molar-refractivity contribution in [3.8, 4) is 0 Å². The van der Waals surface area contributed by atoms with E-state index in [1.165, 1.54) is 0 Å². The molecule has 1 aromatic heterocycles. The molecular weight excluding hydrogens is 342 g/mol. The average Bonchev–Trinajstić information content (AvgIpc) is 3.21. The first-order valence-corrected chi connectivity index (χ1v) is 7.45.